The summed E-state index contributed by atoms with van der Waals surface area (Å²) in [5, 5.41) is 5.46. The van der Waals surface area contributed by atoms with E-state index in [9.17, 15) is 14.0 Å². The molecule has 0 spiro atoms. The average molecular weight is 377 g/mol. The fourth-order valence-corrected chi connectivity index (χ4v) is 2.63. The van der Waals surface area contributed by atoms with E-state index in [1.54, 1.807) is 48.3 Å². The van der Waals surface area contributed by atoms with Crippen molar-refractivity contribution in [3.63, 3.8) is 0 Å². The van der Waals surface area contributed by atoms with E-state index in [-0.39, 0.29) is 24.0 Å². The number of nitrogens with zero attached hydrogens (tertiary/aromatic N) is 1. The van der Waals surface area contributed by atoms with Crippen LogP contribution in [0.25, 0.3) is 0 Å². The van der Waals surface area contributed by atoms with Crippen LogP contribution in [0.3, 0.4) is 0 Å². The summed E-state index contributed by atoms with van der Waals surface area (Å²) in [4.78, 5) is 26.1. The summed E-state index contributed by atoms with van der Waals surface area (Å²) in [6, 6.07) is 22.2. The zero-order valence-electron chi connectivity index (χ0n) is 15.4. The fourth-order valence-electron chi connectivity index (χ4n) is 2.63. The third kappa shape index (κ3) is 4.73. The smallest absolute Gasteiger partial charge is 0.258 e. The summed E-state index contributed by atoms with van der Waals surface area (Å²) in [5.41, 5.74) is 2.16. The van der Waals surface area contributed by atoms with Gasteiger partial charge in [0.25, 0.3) is 5.91 Å². The van der Waals surface area contributed by atoms with Crippen molar-refractivity contribution in [3.05, 3.63) is 90.2 Å². The minimum atomic E-state index is -0.485. The van der Waals surface area contributed by atoms with Crippen molar-refractivity contribution < 1.29 is 14.0 Å². The van der Waals surface area contributed by atoms with Crippen molar-refractivity contribution in [2.24, 2.45) is 0 Å². The molecule has 0 fully saturated rings. The van der Waals surface area contributed by atoms with E-state index in [2.05, 4.69) is 10.6 Å². The Morgan fingerprint density at radius 3 is 2.21 bits per heavy atom. The van der Waals surface area contributed by atoms with E-state index < -0.39 is 5.82 Å². The maximum absolute atomic E-state index is 13.6. The van der Waals surface area contributed by atoms with Crippen molar-refractivity contribution in [3.8, 4) is 0 Å². The number of nitrogens with one attached hydrogen (secondary N) is 2. The quantitative estimate of drug-likeness (QED) is 0.678. The van der Waals surface area contributed by atoms with Crippen LogP contribution in [0.5, 0.6) is 0 Å². The highest BCUT2D eigenvalue weighted by molar-refractivity contribution is 6.05. The molecule has 0 heterocycles. The van der Waals surface area contributed by atoms with Gasteiger partial charge in [0.1, 0.15) is 5.82 Å². The summed E-state index contributed by atoms with van der Waals surface area (Å²) < 4.78 is 13.6. The molecular weight excluding hydrogens is 357 g/mol. The van der Waals surface area contributed by atoms with Gasteiger partial charge in [0.05, 0.1) is 12.2 Å². The maximum Gasteiger partial charge on any atom is 0.258 e. The number of hydrogen-bond acceptors (Lipinski definition) is 3. The number of rotatable bonds is 6. The van der Waals surface area contributed by atoms with Gasteiger partial charge in [0, 0.05) is 24.0 Å². The van der Waals surface area contributed by atoms with Gasteiger partial charge in [-0.2, -0.15) is 0 Å². The van der Waals surface area contributed by atoms with Crippen LogP contribution >= 0.6 is 0 Å². The number of hydrogen-bond donors (Lipinski definition) is 2. The highest BCUT2D eigenvalue weighted by Crippen LogP contribution is 2.17. The summed E-state index contributed by atoms with van der Waals surface area (Å²) in [5.74, 6) is -0.981. The first-order valence-corrected chi connectivity index (χ1v) is 8.76. The number of carbonyl (C=O) groups is 2. The van der Waals surface area contributed by atoms with Gasteiger partial charge in [-0.1, -0.05) is 30.3 Å². The van der Waals surface area contributed by atoms with E-state index in [1.165, 1.54) is 12.1 Å². The topological polar surface area (TPSA) is 61.4 Å². The zero-order valence-corrected chi connectivity index (χ0v) is 15.4. The Hall–Kier alpha value is -3.67. The molecule has 0 atom stereocenters. The van der Waals surface area contributed by atoms with Gasteiger partial charge in [-0.3, -0.25) is 9.59 Å². The Labute approximate surface area is 162 Å². The number of para-hydroxylation sites is 2. The van der Waals surface area contributed by atoms with E-state index >= 15 is 0 Å². The minimum Gasteiger partial charge on any atom is -0.376 e. The zero-order chi connectivity index (χ0) is 19.9. The van der Waals surface area contributed by atoms with Crippen molar-refractivity contribution in [2.45, 2.75) is 0 Å². The highest BCUT2D eigenvalue weighted by Gasteiger charge is 2.13. The molecule has 0 saturated heterocycles. The van der Waals surface area contributed by atoms with Crippen molar-refractivity contribution in [1.29, 1.82) is 0 Å². The second kappa shape index (κ2) is 8.81. The van der Waals surface area contributed by atoms with Gasteiger partial charge in [-0.25, -0.2) is 4.39 Å². The Morgan fingerprint density at radius 2 is 1.54 bits per heavy atom. The van der Waals surface area contributed by atoms with E-state index in [1.807, 2.05) is 30.3 Å². The van der Waals surface area contributed by atoms with E-state index in [0.29, 0.717) is 11.3 Å². The molecule has 0 unspecified atom stereocenters. The number of anilines is 3. The fraction of sp³-hybridized carbons (Fsp3) is 0.0909. The lowest BCUT2D eigenvalue weighted by Crippen LogP contribution is -2.26. The Morgan fingerprint density at radius 1 is 0.893 bits per heavy atom. The molecule has 2 amide bonds. The number of benzene rings is 3. The summed E-state index contributed by atoms with van der Waals surface area (Å²) in [6.45, 7) is -0.0223. The van der Waals surface area contributed by atoms with Crippen molar-refractivity contribution in [2.75, 3.05) is 29.1 Å². The minimum absolute atomic E-state index is 0.0223. The third-order valence-electron chi connectivity index (χ3n) is 4.18. The van der Waals surface area contributed by atoms with Gasteiger partial charge >= 0.3 is 0 Å². The normalized spacial score (nSPS) is 10.2. The molecular formula is C22H20FN3O2. The molecule has 2 N–H and O–H groups in total. The average Bonchev–Trinajstić information content (AvgIpc) is 2.74. The van der Waals surface area contributed by atoms with Crippen LogP contribution in [0.4, 0.5) is 21.5 Å². The summed E-state index contributed by atoms with van der Waals surface area (Å²) in [6.07, 6.45) is 0. The molecule has 142 valence electrons. The van der Waals surface area contributed by atoms with Gasteiger partial charge in [-0.15, -0.1) is 0 Å². The van der Waals surface area contributed by atoms with Gasteiger partial charge < -0.3 is 15.5 Å². The number of amides is 2. The SMILES string of the molecule is CN(C(=O)c1ccc(NCC(=O)Nc2ccccc2F)cc1)c1ccccc1. The molecule has 28 heavy (non-hydrogen) atoms. The highest BCUT2D eigenvalue weighted by atomic mass is 19.1. The Balaban J connectivity index is 1.56. The molecule has 0 aromatic heterocycles. The van der Waals surface area contributed by atoms with Crippen molar-refractivity contribution >= 4 is 28.9 Å². The molecule has 0 aliphatic heterocycles. The third-order valence-corrected chi connectivity index (χ3v) is 4.18. The molecule has 0 bridgehead atoms. The second-order valence-electron chi connectivity index (χ2n) is 6.16. The van der Waals surface area contributed by atoms with Gasteiger partial charge in [0.2, 0.25) is 5.91 Å². The molecule has 0 aliphatic rings. The van der Waals surface area contributed by atoms with E-state index in [0.717, 1.165) is 5.69 Å². The van der Waals surface area contributed by atoms with Crippen LogP contribution in [0.1, 0.15) is 10.4 Å². The predicted octanol–water partition coefficient (Wildman–Crippen LogP) is 4.15. The van der Waals surface area contributed by atoms with Crippen LogP contribution in [0.2, 0.25) is 0 Å². The van der Waals surface area contributed by atoms with Gasteiger partial charge in [0.15, 0.2) is 0 Å². The molecule has 0 saturated carbocycles. The van der Waals surface area contributed by atoms with Crippen molar-refractivity contribution in [1.82, 2.24) is 0 Å². The van der Waals surface area contributed by atoms with Crippen LogP contribution in [0, 0.1) is 5.82 Å². The predicted molar refractivity (Wildman–Crippen MR) is 109 cm³/mol. The second-order valence-corrected chi connectivity index (χ2v) is 6.16. The monoisotopic (exact) mass is 377 g/mol. The van der Waals surface area contributed by atoms with Crippen LogP contribution in [0.15, 0.2) is 78.9 Å². The molecule has 3 rings (SSSR count). The molecule has 5 nitrogen and oxygen atoms in total. The first-order valence-electron chi connectivity index (χ1n) is 8.76. The molecule has 3 aromatic carbocycles. The molecule has 6 heteroatoms. The lowest BCUT2D eigenvalue weighted by Gasteiger charge is -2.17. The molecule has 3 aromatic rings. The number of halogens is 1. The maximum atomic E-state index is 13.6. The molecule has 0 aliphatic carbocycles. The summed E-state index contributed by atoms with van der Waals surface area (Å²) >= 11 is 0. The summed E-state index contributed by atoms with van der Waals surface area (Å²) in [7, 11) is 1.72. The lowest BCUT2D eigenvalue weighted by molar-refractivity contribution is -0.114. The van der Waals surface area contributed by atoms with Gasteiger partial charge in [-0.05, 0) is 48.5 Å². The van der Waals surface area contributed by atoms with Crippen LogP contribution < -0.4 is 15.5 Å². The van der Waals surface area contributed by atoms with E-state index in [4.69, 9.17) is 0 Å². The Bertz CT molecular complexity index is 959. The van der Waals surface area contributed by atoms with Crippen LogP contribution in [-0.2, 0) is 4.79 Å². The first kappa shape index (κ1) is 19.1. The lowest BCUT2D eigenvalue weighted by atomic mass is 10.1. The largest absolute Gasteiger partial charge is 0.376 e. The van der Waals surface area contributed by atoms with Crippen LogP contribution in [-0.4, -0.2) is 25.4 Å². The molecule has 0 radical (unpaired) electrons. The number of carbonyl (C=O) groups excluding carboxylic acids is 2. The Kier molecular flexibility index (Phi) is 6.01. The first-order chi connectivity index (χ1) is 13.5. The standard InChI is InChI=1S/C22H20FN3O2/c1-26(18-7-3-2-4-8-18)22(28)16-11-13-17(14-12-16)24-15-21(27)25-20-10-6-5-9-19(20)23/h2-14,24H,15H2,1H3,(H,25,27).